The van der Waals surface area contributed by atoms with Crippen molar-refractivity contribution in [1.82, 2.24) is 0 Å². The molecule has 0 fully saturated rings. The van der Waals surface area contributed by atoms with Crippen molar-refractivity contribution in [1.29, 1.82) is 0 Å². The van der Waals surface area contributed by atoms with Crippen LogP contribution in [0, 0.1) is 0 Å². The van der Waals surface area contributed by atoms with Gasteiger partial charge in [0.2, 0.25) is 0 Å². The highest BCUT2D eigenvalue weighted by molar-refractivity contribution is 7.47. The van der Waals surface area contributed by atoms with Crippen molar-refractivity contribution in [2.75, 3.05) is 39.6 Å². The van der Waals surface area contributed by atoms with Gasteiger partial charge in [-0.15, -0.1) is 0 Å². The highest BCUT2D eigenvalue weighted by Crippen LogP contribution is 2.45. The highest BCUT2D eigenvalue weighted by Gasteiger charge is 2.30. The molecule has 0 aromatic carbocycles. The number of hydrogen-bond donors (Lipinski definition) is 4. The van der Waals surface area contributed by atoms with Crippen LogP contribution in [0.15, 0.2) is 170 Å². The quantitative estimate of drug-likeness (QED) is 0.0146. The normalized spacial score (nSPS) is 14.5. The maximum atomic E-state index is 13.1. The van der Waals surface area contributed by atoms with Crippen LogP contribution in [0.5, 0.6) is 0 Å². The summed E-state index contributed by atoms with van der Waals surface area (Å²) in [6.07, 6.45) is 123. The molecule has 0 radical (unpaired) electrons. The van der Waals surface area contributed by atoms with Crippen molar-refractivity contribution >= 4 is 33.6 Å². The van der Waals surface area contributed by atoms with E-state index in [9.17, 15) is 43.5 Å². The average Bonchev–Trinajstić information content (AvgIpc) is 0.890. The third-order valence-corrected chi connectivity index (χ3v) is 22.3. The Labute approximate surface area is 739 Å². The minimum Gasteiger partial charge on any atom is -0.463 e. The lowest BCUT2D eigenvalue weighted by atomic mass is 10.0. The molecule has 0 aromatic heterocycles. The first-order valence-corrected chi connectivity index (χ1v) is 51.4. The van der Waals surface area contributed by atoms with Crippen LogP contribution in [-0.2, 0) is 55.8 Å². The molecule has 0 heterocycles. The van der Waals surface area contributed by atoms with Crippen LogP contribution in [0.3, 0.4) is 0 Å². The minimum atomic E-state index is -4.96. The van der Waals surface area contributed by atoms with Crippen molar-refractivity contribution < 1.29 is 75.8 Å². The zero-order valence-corrected chi connectivity index (χ0v) is 78.4. The summed E-state index contributed by atoms with van der Waals surface area (Å²) in [7, 11) is -9.83. The minimum absolute atomic E-state index is 0.0457. The highest BCUT2D eigenvalue weighted by atomic mass is 31.2. The van der Waals surface area contributed by atoms with Gasteiger partial charge in [0.15, 0.2) is 6.10 Å². The summed E-state index contributed by atoms with van der Waals surface area (Å²) in [6.45, 7) is 2.51. The molecule has 0 saturated heterocycles. The van der Waals surface area contributed by atoms with E-state index >= 15 is 0 Å². The number of allylic oxidation sites excluding steroid dienone is 28. The molecule has 121 heavy (non-hydrogen) atoms. The van der Waals surface area contributed by atoms with Gasteiger partial charge in [0.25, 0.3) is 0 Å². The van der Waals surface area contributed by atoms with E-state index in [1.54, 1.807) is 0 Å². The van der Waals surface area contributed by atoms with Gasteiger partial charge in [-0.05, 0) is 161 Å². The first-order chi connectivity index (χ1) is 59.2. The molecular formula is C103H176O16P2. The molecule has 694 valence electrons. The Hall–Kier alpha value is -5.09. The summed E-state index contributed by atoms with van der Waals surface area (Å²) < 4.78 is 61.5. The third-order valence-electron chi connectivity index (χ3n) is 20.4. The van der Waals surface area contributed by atoms with Crippen LogP contribution in [0.2, 0.25) is 0 Å². The number of aliphatic hydroxyl groups is 2. The molecule has 0 aliphatic rings. The summed E-state index contributed by atoms with van der Waals surface area (Å²) in [6, 6.07) is 0. The van der Waals surface area contributed by atoms with Crippen LogP contribution in [-0.4, -0.2) is 95.9 Å². The van der Waals surface area contributed by atoms with Gasteiger partial charge in [-0.1, -0.05) is 396 Å². The van der Waals surface area contributed by atoms with E-state index < -0.39 is 91.5 Å². The van der Waals surface area contributed by atoms with E-state index in [4.69, 9.17) is 32.3 Å². The maximum Gasteiger partial charge on any atom is 0.472 e. The standard InChI is InChI=1S/C103H176O16P2/c1-4-7-10-13-16-19-22-25-28-31-34-37-39-41-43-45-47-48-50-52-53-55-57-60-62-65-68-71-74-77-80-83-86-89-101(106)113-92-98(104)93-115-120(109,110)116-94-99(105)95-117-121(111,112)118-97-100(119-103(108)91-88-85-82-79-76-73-70-67-64-59-36-33-30-27-24-21-18-15-12-9-6-3)96-114-102(107)90-87-84-81-78-75-72-69-66-63-61-58-56-54-51-49-46-44-42-40-38-35-32-29-26-23-20-17-14-11-8-5-2/h9,12,16-21,25-30,34-38,41-44,59,67,70,76,79,98-100,104-105H,4-8,10-11,13-15,22-24,31-33,39-40,45-58,60-66,68-69,71-75,77-78,80-97H2,1-3H3,(H,109,110)(H,111,112)/b12-9-,19-16-,20-17-,21-18-,28-25-,29-26-,30-27-,37-34-,38-35-,43-41-,44-42-,59-36-,70-67-,79-76-. The molecule has 16 nitrogen and oxygen atoms in total. The van der Waals surface area contributed by atoms with Gasteiger partial charge in [0, 0.05) is 19.3 Å². The lowest BCUT2D eigenvalue weighted by Gasteiger charge is -2.21. The van der Waals surface area contributed by atoms with E-state index in [2.05, 4.69) is 191 Å². The smallest absolute Gasteiger partial charge is 0.463 e. The second-order valence-electron chi connectivity index (χ2n) is 32.1. The fourth-order valence-electron chi connectivity index (χ4n) is 13.1. The van der Waals surface area contributed by atoms with E-state index in [0.717, 1.165) is 128 Å². The zero-order chi connectivity index (χ0) is 87.9. The number of aliphatic hydroxyl groups excluding tert-OH is 2. The molecule has 0 amide bonds. The van der Waals surface area contributed by atoms with Gasteiger partial charge in [0.05, 0.1) is 26.4 Å². The van der Waals surface area contributed by atoms with Gasteiger partial charge in [-0.2, -0.15) is 0 Å². The average molecular weight is 1730 g/mol. The Morgan fingerprint density at radius 1 is 0.240 bits per heavy atom. The first-order valence-electron chi connectivity index (χ1n) is 48.4. The van der Waals surface area contributed by atoms with Crippen LogP contribution >= 0.6 is 15.6 Å². The predicted molar refractivity (Wildman–Crippen MR) is 509 cm³/mol. The number of phosphoric ester groups is 2. The molecule has 5 atom stereocenters. The number of ether oxygens (including phenoxy) is 3. The van der Waals surface area contributed by atoms with Crippen molar-refractivity contribution in [3.63, 3.8) is 0 Å². The molecule has 5 unspecified atom stereocenters. The van der Waals surface area contributed by atoms with Crippen LogP contribution in [0.4, 0.5) is 0 Å². The Morgan fingerprint density at radius 2 is 0.438 bits per heavy atom. The topological polar surface area (TPSA) is 231 Å². The zero-order valence-electron chi connectivity index (χ0n) is 76.6. The van der Waals surface area contributed by atoms with Crippen LogP contribution in [0.1, 0.15) is 406 Å². The van der Waals surface area contributed by atoms with Gasteiger partial charge in [-0.25, -0.2) is 9.13 Å². The molecule has 0 bridgehead atoms. The third kappa shape index (κ3) is 95.4. The molecule has 18 heteroatoms. The Balaban J connectivity index is 4.58. The fourth-order valence-corrected chi connectivity index (χ4v) is 14.7. The largest absolute Gasteiger partial charge is 0.472 e. The van der Waals surface area contributed by atoms with Crippen molar-refractivity contribution in [2.24, 2.45) is 0 Å². The molecular weight excluding hydrogens is 1560 g/mol. The number of phosphoric acid groups is 2. The molecule has 0 aromatic rings. The Kier molecular flexibility index (Phi) is 90.1. The van der Waals surface area contributed by atoms with Crippen LogP contribution < -0.4 is 0 Å². The second-order valence-corrected chi connectivity index (χ2v) is 35.0. The number of carbonyl (C=O) groups excluding carboxylic acids is 3. The lowest BCUT2D eigenvalue weighted by Crippen LogP contribution is -2.30. The lowest BCUT2D eigenvalue weighted by molar-refractivity contribution is -0.161. The summed E-state index contributed by atoms with van der Waals surface area (Å²) in [4.78, 5) is 59.0. The number of rotatable bonds is 91. The summed E-state index contributed by atoms with van der Waals surface area (Å²) in [5.74, 6) is -1.62. The molecule has 0 rings (SSSR count). The van der Waals surface area contributed by atoms with Gasteiger partial charge in [0.1, 0.15) is 25.4 Å². The number of carbonyl (C=O) groups is 3. The van der Waals surface area contributed by atoms with E-state index in [1.165, 1.54) is 212 Å². The van der Waals surface area contributed by atoms with E-state index in [-0.39, 0.29) is 19.3 Å². The maximum absolute atomic E-state index is 13.1. The number of esters is 3. The molecule has 0 saturated carbocycles. The van der Waals surface area contributed by atoms with E-state index in [0.29, 0.717) is 25.7 Å². The van der Waals surface area contributed by atoms with Crippen molar-refractivity contribution in [3.05, 3.63) is 170 Å². The predicted octanol–water partition coefficient (Wildman–Crippen LogP) is 30.2. The fraction of sp³-hybridized carbons (Fsp3) is 0.699. The van der Waals surface area contributed by atoms with Crippen molar-refractivity contribution in [2.45, 2.75) is 424 Å². The molecule has 4 N–H and O–H groups in total. The SMILES string of the molecule is CC/C=C\C/C=C\C/C=C\C/C=C\C/C=C\C/C=C\CCCCC(=O)OC(COC(=O)CCCCCCCCCCCCCCCCC/C=C\C/C=C\C/C=C\C/C=C\CCCCC)COP(=O)(O)OCC(O)COP(=O)(O)OCC(O)COC(=O)CCCCCCCCCCCCCCCCCCC/C=C\C/C=C\C/C=C\C/C=C\CCCCC. The summed E-state index contributed by atoms with van der Waals surface area (Å²) in [5, 5.41) is 20.8. The molecule has 0 aliphatic carbocycles. The van der Waals surface area contributed by atoms with Crippen LogP contribution in [0.25, 0.3) is 0 Å². The number of unbranched alkanes of at least 4 members (excludes halogenated alkanes) is 40. The first kappa shape index (κ1) is 116. The summed E-state index contributed by atoms with van der Waals surface area (Å²) in [5.41, 5.74) is 0. The molecule has 0 spiro atoms. The van der Waals surface area contributed by atoms with Crippen molar-refractivity contribution in [3.8, 4) is 0 Å². The van der Waals surface area contributed by atoms with Gasteiger partial charge >= 0.3 is 33.6 Å². The second kappa shape index (κ2) is 94.1. The Morgan fingerprint density at radius 3 is 0.711 bits per heavy atom. The van der Waals surface area contributed by atoms with Gasteiger partial charge in [-0.3, -0.25) is 32.5 Å². The molecule has 0 aliphatic heterocycles. The number of hydrogen-bond acceptors (Lipinski definition) is 14. The summed E-state index contributed by atoms with van der Waals surface area (Å²) >= 11 is 0. The Bertz CT molecular complexity index is 2880. The monoisotopic (exact) mass is 1730 g/mol. The van der Waals surface area contributed by atoms with E-state index in [1.807, 2.05) is 0 Å². The van der Waals surface area contributed by atoms with Gasteiger partial charge < -0.3 is 34.2 Å².